The van der Waals surface area contributed by atoms with Gasteiger partial charge < -0.3 is 10.6 Å². The van der Waals surface area contributed by atoms with Crippen LogP contribution in [0, 0.1) is 10.1 Å². The van der Waals surface area contributed by atoms with Gasteiger partial charge in [-0.05, 0) is 24.4 Å². The second kappa shape index (κ2) is 6.91. The van der Waals surface area contributed by atoms with Crippen LogP contribution in [0.4, 0.5) is 5.69 Å². The van der Waals surface area contributed by atoms with E-state index < -0.39 is 4.92 Å². The summed E-state index contributed by atoms with van der Waals surface area (Å²) in [4.78, 5) is 23.1. The molecule has 0 bridgehead atoms. The van der Waals surface area contributed by atoms with Crippen molar-refractivity contribution in [2.75, 3.05) is 19.6 Å². The smallest absolute Gasteiger partial charge is 0.273 e. The van der Waals surface area contributed by atoms with Crippen LogP contribution in [0.2, 0.25) is 0 Å². The molecule has 1 aromatic carbocycles. The van der Waals surface area contributed by atoms with E-state index in [1.165, 1.54) is 11.6 Å². The second-order valence-electron chi connectivity index (χ2n) is 6.74. The van der Waals surface area contributed by atoms with E-state index in [9.17, 15) is 14.9 Å². The Morgan fingerprint density at radius 1 is 1.39 bits per heavy atom. The first-order valence-electron chi connectivity index (χ1n) is 7.75. The molecule has 6 heteroatoms. The molecule has 0 unspecified atom stereocenters. The quantitative estimate of drug-likeness (QED) is 0.508. The van der Waals surface area contributed by atoms with Crippen molar-refractivity contribution in [1.29, 1.82) is 0 Å². The van der Waals surface area contributed by atoms with Crippen LogP contribution in [0.5, 0.6) is 0 Å². The molecule has 0 saturated heterocycles. The number of nitrogens with zero attached hydrogens (tertiary/aromatic N) is 1. The van der Waals surface area contributed by atoms with Crippen LogP contribution in [0.3, 0.4) is 0 Å². The van der Waals surface area contributed by atoms with Crippen LogP contribution in [0.15, 0.2) is 29.8 Å². The number of nitro benzene ring substituents is 1. The van der Waals surface area contributed by atoms with E-state index in [0.29, 0.717) is 17.7 Å². The Morgan fingerprint density at radius 3 is 2.70 bits per heavy atom. The van der Waals surface area contributed by atoms with Gasteiger partial charge in [0.05, 0.1) is 4.92 Å². The van der Waals surface area contributed by atoms with Gasteiger partial charge in [-0.15, -0.1) is 0 Å². The largest absolute Gasteiger partial charge is 0.348 e. The van der Waals surface area contributed by atoms with Crippen molar-refractivity contribution in [3.63, 3.8) is 0 Å². The molecule has 0 saturated carbocycles. The third kappa shape index (κ3) is 4.39. The molecule has 1 aromatic rings. The summed E-state index contributed by atoms with van der Waals surface area (Å²) in [7, 11) is 0. The summed E-state index contributed by atoms with van der Waals surface area (Å²) in [6.45, 7) is 7.95. The highest BCUT2D eigenvalue weighted by molar-refractivity contribution is 5.95. The molecule has 0 aliphatic carbocycles. The number of nitro groups is 1. The highest BCUT2D eigenvalue weighted by Gasteiger charge is 2.26. The van der Waals surface area contributed by atoms with Crippen LogP contribution in [-0.2, 0) is 5.41 Å². The molecular formula is C17H23N3O3. The molecule has 0 atom stereocenters. The minimum Gasteiger partial charge on any atom is -0.348 e. The number of rotatable bonds is 4. The van der Waals surface area contributed by atoms with Gasteiger partial charge in [-0.1, -0.05) is 38.5 Å². The Hall–Kier alpha value is -2.21. The number of carbonyl (C=O) groups excluding carboxylic acids is 1. The van der Waals surface area contributed by atoms with Crippen LogP contribution in [0.25, 0.3) is 0 Å². The molecule has 0 fully saturated rings. The molecule has 1 aliphatic rings. The zero-order chi connectivity index (χ0) is 17.0. The van der Waals surface area contributed by atoms with Crippen molar-refractivity contribution in [2.24, 2.45) is 0 Å². The molecule has 1 aliphatic heterocycles. The van der Waals surface area contributed by atoms with E-state index >= 15 is 0 Å². The van der Waals surface area contributed by atoms with E-state index in [-0.39, 0.29) is 17.0 Å². The van der Waals surface area contributed by atoms with E-state index in [1.807, 2.05) is 20.8 Å². The first kappa shape index (κ1) is 17.1. The average molecular weight is 317 g/mol. The molecule has 2 rings (SSSR count). The molecule has 0 spiro atoms. The van der Waals surface area contributed by atoms with Crippen molar-refractivity contribution in [1.82, 2.24) is 10.6 Å². The summed E-state index contributed by atoms with van der Waals surface area (Å²) >= 11 is 0. The lowest BCUT2D eigenvalue weighted by atomic mass is 9.85. The van der Waals surface area contributed by atoms with Crippen LogP contribution in [-0.4, -0.2) is 30.5 Å². The number of benzene rings is 1. The molecule has 0 radical (unpaired) electrons. The standard InChI is InChI=1S/C17H23N3O3/c1-17(2,3)14-5-4-13(10-15(14)20(22)23)16(21)19-11-12-6-8-18-9-7-12/h4-6,10,18H,7-9,11H2,1-3H3,(H,19,21). The Labute approximate surface area is 136 Å². The van der Waals surface area contributed by atoms with Gasteiger partial charge in [-0.2, -0.15) is 0 Å². The van der Waals surface area contributed by atoms with Gasteiger partial charge in [-0.25, -0.2) is 0 Å². The predicted octanol–water partition coefficient (Wildman–Crippen LogP) is 2.54. The maximum atomic E-state index is 12.2. The Morgan fingerprint density at radius 2 is 2.13 bits per heavy atom. The number of hydrogen-bond donors (Lipinski definition) is 2. The monoisotopic (exact) mass is 317 g/mol. The van der Waals surface area contributed by atoms with E-state index in [2.05, 4.69) is 16.7 Å². The number of hydrogen-bond acceptors (Lipinski definition) is 4. The van der Waals surface area contributed by atoms with Gasteiger partial charge in [-0.3, -0.25) is 14.9 Å². The first-order chi connectivity index (χ1) is 10.8. The predicted molar refractivity (Wildman–Crippen MR) is 89.7 cm³/mol. The number of nitrogens with one attached hydrogen (secondary N) is 2. The van der Waals surface area contributed by atoms with Gasteiger partial charge in [0, 0.05) is 30.3 Å². The van der Waals surface area contributed by atoms with Gasteiger partial charge in [0.15, 0.2) is 0 Å². The lowest BCUT2D eigenvalue weighted by molar-refractivity contribution is -0.386. The second-order valence-corrected chi connectivity index (χ2v) is 6.74. The number of amides is 1. The fourth-order valence-electron chi connectivity index (χ4n) is 2.58. The maximum Gasteiger partial charge on any atom is 0.273 e. The van der Waals surface area contributed by atoms with Crippen LogP contribution in [0.1, 0.15) is 43.1 Å². The first-order valence-corrected chi connectivity index (χ1v) is 7.75. The summed E-state index contributed by atoms with van der Waals surface area (Å²) in [5, 5.41) is 17.4. The zero-order valence-electron chi connectivity index (χ0n) is 13.8. The summed E-state index contributed by atoms with van der Waals surface area (Å²) in [5.41, 5.74) is 1.76. The highest BCUT2D eigenvalue weighted by Crippen LogP contribution is 2.31. The summed E-state index contributed by atoms with van der Waals surface area (Å²) in [6.07, 6.45) is 2.97. The van der Waals surface area contributed by atoms with E-state index in [4.69, 9.17) is 0 Å². The lowest BCUT2D eigenvalue weighted by Gasteiger charge is -2.19. The van der Waals surface area contributed by atoms with Gasteiger partial charge in [0.1, 0.15) is 0 Å². The Bertz CT molecular complexity index is 645. The molecule has 124 valence electrons. The van der Waals surface area contributed by atoms with E-state index in [1.54, 1.807) is 12.1 Å². The Kier molecular flexibility index (Phi) is 5.15. The van der Waals surface area contributed by atoms with Gasteiger partial charge in [0.2, 0.25) is 0 Å². The van der Waals surface area contributed by atoms with Crippen molar-refractivity contribution in [2.45, 2.75) is 32.6 Å². The minimum absolute atomic E-state index is 0.00812. The zero-order valence-corrected chi connectivity index (χ0v) is 13.8. The molecule has 1 amide bonds. The minimum atomic E-state index is -0.424. The molecule has 6 nitrogen and oxygen atoms in total. The highest BCUT2D eigenvalue weighted by atomic mass is 16.6. The SMILES string of the molecule is CC(C)(C)c1ccc(C(=O)NCC2=CCNCC2)cc1[N+](=O)[O-]. The van der Waals surface area contributed by atoms with Crippen molar-refractivity contribution < 1.29 is 9.72 Å². The van der Waals surface area contributed by atoms with Gasteiger partial charge >= 0.3 is 0 Å². The van der Waals surface area contributed by atoms with Gasteiger partial charge in [0.25, 0.3) is 11.6 Å². The summed E-state index contributed by atoms with van der Waals surface area (Å²) in [6, 6.07) is 4.70. The lowest BCUT2D eigenvalue weighted by Crippen LogP contribution is -2.29. The Balaban J connectivity index is 2.16. The topological polar surface area (TPSA) is 84.3 Å². The fraction of sp³-hybridized carbons (Fsp3) is 0.471. The average Bonchev–Trinajstić information content (AvgIpc) is 2.52. The number of carbonyl (C=O) groups is 1. The third-order valence-electron chi connectivity index (χ3n) is 3.90. The summed E-state index contributed by atoms with van der Waals surface area (Å²) in [5.74, 6) is -0.284. The fourth-order valence-corrected chi connectivity index (χ4v) is 2.58. The maximum absolute atomic E-state index is 12.2. The summed E-state index contributed by atoms with van der Waals surface area (Å²) < 4.78 is 0. The molecule has 23 heavy (non-hydrogen) atoms. The normalized spacial score (nSPS) is 15.0. The third-order valence-corrected chi connectivity index (χ3v) is 3.90. The van der Waals surface area contributed by atoms with Crippen LogP contribution >= 0.6 is 0 Å². The van der Waals surface area contributed by atoms with E-state index in [0.717, 1.165) is 19.5 Å². The van der Waals surface area contributed by atoms with Crippen molar-refractivity contribution in [3.8, 4) is 0 Å². The van der Waals surface area contributed by atoms with Crippen molar-refractivity contribution in [3.05, 3.63) is 51.1 Å². The molecule has 2 N–H and O–H groups in total. The molecule has 0 aromatic heterocycles. The molecule has 1 heterocycles. The molecular weight excluding hydrogens is 294 g/mol. The van der Waals surface area contributed by atoms with Crippen LogP contribution < -0.4 is 10.6 Å². The van der Waals surface area contributed by atoms with Crippen molar-refractivity contribution >= 4 is 11.6 Å².